The van der Waals surface area contributed by atoms with Crippen LogP contribution in [0.4, 0.5) is 9.18 Å². The van der Waals surface area contributed by atoms with Gasteiger partial charge in [-0.2, -0.15) is 4.73 Å². The Kier molecular flexibility index (Phi) is 3.83. The number of carbonyl (C=O) groups excluding carboxylic acids is 1. The number of carbonyl (C=O) groups is 1. The van der Waals surface area contributed by atoms with Crippen LogP contribution in [-0.4, -0.2) is 47.0 Å². The smallest absolute Gasteiger partial charge is 0.378 e. The molecule has 0 atom stereocenters. The minimum atomic E-state index is -0.459. The molecule has 21 heavy (non-hydrogen) atoms. The van der Waals surface area contributed by atoms with Gasteiger partial charge in [0.2, 0.25) is 0 Å². The molecule has 1 amide bonds. The molecule has 1 fully saturated rings. The first kappa shape index (κ1) is 13.6. The molecule has 0 spiro atoms. The number of imidazole rings is 1. The van der Waals surface area contributed by atoms with Gasteiger partial charge in [0, 0.05) is 24.8 Å². The summed E-state index contributed by atoms with van der Waals surface area (Å²) in [5, 5.41) is 0. The average Bonchev–Trinajstić information content (AvgIpc) is 2.97. The lowest BCUT2D eigenvalue weighted by Gasteiger charge is -2.25. The van der Waals surface area contributed by atoms with E-state index in [0.717, 1.165) is 0 Å². The summed E-state index contributed by atoms with van der Waals surface area (Å²) in [4.78, 5) is 23.0. The summed E-state index contributed by atoms with van der Waals surface area (Å²) in [7, 11) is 0. The van der Waals surface area contributed by atoms with Gasteiger partial charge in [0.1, 0.15) is 5.82 Å². The van der Waals surface area contributed by atoms with Crippen LogP contribution in [-0.2, 0) is 4.74 Å². The van der Waals surface area contributed by atoms with Crippen LogP contribution in [0.1, 0.15) is 0 Å². The van der Waals surface area contributed by atoms with Crippen LogP contribution in [0.2, 0.25) is 0 Å². The van der Waals surface area contributed by atoms with Crippen molar-refractivity contribution >= 4 is 6.09 Å². The maximum Gasteiger partial charge on any atom is 0.434 e. The van der Waals surface area contributed by atoms with Gasteiger partial charge in [-0.15, -0.1) is 0 Å². The van der Waals surface area contributed by atoms with E-state index in [1.54, 1.807) is 17.0 Å². The molecular weight excluding hydrogens is 277 g/mol. The van der Waals surface area contributed by atoms with Crippen molar-refractivity contribution < 1.29 is 18.8 Å². The number of amides is 1. The van der Waals surface area contributed by atoms with Crippen molar-refractivity contribution in [2.45, 2.75) is 0 Å². The zero-order valence-electron chi connectivity index (χ0n) is 11.2. The standard InChI is InChI=1S/C14H14FN3O3/c15-12-3-1-11(2-4-12)13-16-5-6-18(13)21-14(19)17-7-9-20-10-8-17/h1-6H,7-10H2. The van der Waals surface area contributed by atoms with Crippen molar-refractivity contribution in [3.63, 3.8) is 0 Å². The summed E-state index contributed by atoms with van der Waals surface area (Å²) in [5.41, 5.74) is 0.663. The number of morpholine rings is 1. The molecule has 0 saturated carbocycles. The second kappa shape index (κ2) is 5.92. The Bertz CT molecular complexity index is 621. The van der Waals surface area contributed by atoms with Gasteiger partial charge in [0.25, 0.3) is 0 Å². The van der Waals surface area contributed by atoms with E-state index in [9.17, 15) is 9.18 Å². The van der Waals surface area contributed by atoms with Gasteiger partial charge in [-0.3, -0.25) is 0 Å². The molecule has 1 aliphatic heterocycles. The Labute approximate surface area is 120 Å². The Balaban J connectivity index is 1.76. The Morgan fingerprint density at radius 3 is 2.67 bits per heavy atom. The van der Waals surface area contributed by atoms with E-state index in [0.29, 0.717) is 37.7 Å². The third-order valence-corrected chi connectivity index (χ3v) is 3.16. The van der Waals surface area contributed by atoms with Crippen LogP contribution in [0.3, 0.4) is 0 Å². The number of halogens is 1. The van der Waals surface area contributed by atoms with Gasteiger partial charge in [-0.25, -0.2) is 14.2 Å². The summed E-state index contributed by atoms with van der Waals surface area (Å²) in [5.74, 6) is 0.110. The molecule has 6 nitrogen and oxygen atoms in total. The van der Waals surface area contributed by atoms with Crippen molar-refractivity contribution in [3.05, 3.63) is 42.5 Å². The molecule has 0 radical (unpaired) electrons. The molecule has 1 aromatic heterocycles. The fourth-order valence-corrected chi connectivity index (χ4v) is 2.05. The number of hydrogen-bond acceptors (Lipinski definition) is 4. The van der Waals surface area contributed by atoms with Crippen LogP contribution >= 0.6 is 0 Å². The first-order chi connectivity index (χ1) is 10.2. The number of ether oxygens (including phenoxy) is 1. The lowest BCUT2D eigenvalue weighted by Crippen LogP contribution is -2.44. The third kappa shape index (κ3) is 3.03. The number of rotatable bonds is 2. The quantitative estimate of drug-likeness (QED) is 0.843. The van der Waals surface area contributed by atoms with Gasteiger partial charge in [0.15, 0.2) is 5.82 Å². The van der Waals surface area contributed by atoms with Gasteiger partial charge in [0.05, 0.1) is 19.4 Å². The van der Waals surface area contributed by atoms with E-state index >= 15 is 0 Å². The second-order valence-electron chi connectivity index (χ2n) is 4.54. The highest BCUT2D eigenvalue weighted by molar-refractivity contribution is 5.68. The predicted octanol–water partition coefficient (Wildman–Crippen LogP) is 1.57. The van der Waals surface area contributed by atoms with E-state index in [2.05, 4.69) is 4.98 Å². The van der Waals surface area contributed by atoms with Crippen LogP contribution in [0.25, 0.3) is 11.4 Å². The highest BCUT2D eigenvalue weighted by atomic mass is 19.1. The van der Waals surface area contributed by atoms with Crippen LogP contribution < -0.4 is 4.84 Å². The molecule has 2 heterocycles. The molecule has 0 N–H and O–H groups in total. The van der Waals surface area contributed by atoms with Crippen molar-refractivity contribution in [2.75, 3.05) is 26.3 Å². The maximum absolute atomic E-state index is 13.0. The molecule has 1 aliphatic rings. The number of hydrogen-bond donors (Lipinski definition) is 0. The minimum absolute atomic E-state index is 0.331. The fourth-order valence-electron chi connectivity index (χ4n) is 2.05. The van der Waals surface area contributed by atoms with Gasteiger partial charge < -0.3 is 14.5 Å². The van der Waals surface area contributed by atoms with Gasteiger partial charge >= 0.3 is 6.09 Å². The van der Waals surface area contributed by atoms with E-state index in [-0.39, 0.29) is 5.82 Å². The molecule has 0 aliphatic carbocycles. The van der Waals surface area contributed by atoms with Gasteiger partial charge in [-0.05, 0) is 24.3 Å². The van der Waals surface area contributed by atoms with E-state index in [1.165, 1.54) is 29.3 Å². The van der Waals surface area contributed by atoms with E-state index in [4.69, 9.17) is 9.57 Å². The second-order valence-corrected chi connectivity index (χ2v) is 4.54. The first-order valence-corrected chi connectivity index (χ1v) is 6.58. The lowest BCUT2D eigenvalue weighted by atomic mass is 10.2. The molecule has 0 bridgehead atoms. The third-order valence-electron chi connectivity index (χ3n) is 3.16. The molecule has 0 unspecified atom stereocenters. The Hall–Kier alpha value is -2.41. The fraction of sp³-hybridized carbons (Fsp3) is 0.286. The Morgan fingerprint density at radius 2 is 1.95 bits per heavy atom. The molecule has 7 heteroatoms. The van der Waals surface area contributed by atoms with Crippen LogP contribution in [0.5, 0.6) is 0 Å². The number of benzene rings is 1. The topological polar surface area (TPSA) is 56.6 Å². The summed E-state index contributed by atoms with van der Waals surface area (Å²) in [6, 6.07) is 5.82. The predicted molar refractivity (Wildman–Crippen MR) is 72.0 cm³/mol. The SMILES string of the molecule is O=C(On1ccnc1-c1ccc(F)cc1)N1CCOCC1. The van der Waals surface area contributed by atoms with Crippen molar-refractivity contribution in [1.29, 1.82) is 0 Å². The molecule has 110 valence electrons. The highest BCUT2D eigenvalue weighted by Crippen LogP contribution is 2.17. The molecule has 1 saturated heterocycles. The maximum atomic E-state index is 13.0. The zero-order chi connectivity index (χ0) is 14.7. The van der Waals surface area contributed by atoms with Crippen molar-refractivity contribution in [1.82, 2.24) is 14.6 Å². The summed E-state index contributed by atoms with van der Waals surface area (Å²) in [6.07, 6.45) is 2.60. The molecule has 2 aromatic rings. The van der Waals surface area contributed by atoms with Crippen molar-refractivity contribution in [2.24, 2.45) is 0 Å². The monoisotopic (exact) mass is 291 g/mol. The average molecular weight is 291 g/mol. The van der Waals surface area contributed by atoms with Crippen LogP contribution in [0, 0.1) is 5.82 Å². The number of aromatic nitrogens is 2. The van der Waals surface area contributed by atoms with Crippen molar-refractivity contribution in [3.8, 4) is 11.4 Å². The Morgan fingerprint density at radius 1 is 1.24 bits per heavy atom. The molecular formula is C14H14FN3O3. The molecule has 1 aromatic carbocycles. The summed E-state index contributed by atoms with van der Waals surface area (Å²) < 4.78 is 19.4. The normalized spacial score (nSPS) is 15.0. The number of nitrogens with zero attached hydrogens (tertiary/aromatic N) is 3. The highest BCUT2D eigenvalue weighted by Gasteiger charge is 2.20. The lowest BCUT2D eigenvalue weighted by molar-refractivity contribution is 0.0249. The van der Waals surface area contributed by atoms with Crippen LogP contribution in [0.15, 0.2) is 36.7 Å². The van der Waals surface area contributed by atoms with E-state index in [1.807, 2.05) is 0 Å². The van der Waals surface area contributed by atoms with E-state index < -0.39 is 6.09 Å². The largest absolute Gasteiger partial charge is 0.434 e. The first-order valence-electron chi connectivity index (χ1n) is 6.58. The van der Waals surface area contributed by atoms with Gasteiger partial charge in [-0.1, -0.05) is 0 Å². The summed E-state index contributed by atoms with van der Waals surface area (Å²) in [6.45, 7) is 2.01. The zero-order valence-corrected chi connectivity index (χ0v) is 11.2. The molecule has 3 rings (SSSR count). The minimum Gasteiger partial charge on any atom is -0.378 e. The summed E-state index contributed by atoms with van der Waals surface area (Å²) >= 11 is 0.